The van der Waals surface area contributed by atoms with E-state index >= 15 is 0 Å². The summed E-state index contributed by atoms with van der Waals surface area (Å²) in [5.74, 6) is 0.133. The van der Waals surface area contributed by atoms with Crippen molar-refractivity contribution in [1.82, 2.24) is 20.3 Å². The molecule has 0 bridgehead atoms. The molecule has 0 atom stereocenters. The Morgan fingerprint density at radius 3 is 3.05 bits per heavy atom. The van der Waals surface area contributed by atoms with Gasteiger partial charge in [-0.3, -0.25) is 4.79 Å². The smallest absolute Gasteiger partial charge is 0.287 e. The van der Waals surface area contributed by atoms with E-state index in [1.807, 2.05) is 19.1 Å². The van der Waals surface area contributed by atoms with Gasteiger partial charge in [0.25, 0.3) is 5.91 Å². The molecule has 1 aromatic carbocycles. The number of hydrogen-bond donors (Lipinski definition) is 3. The van der Waals surface area contributed by atoms with Crippen LogP contribution >= 0.6 is 0 Å². The van der Waals surface area contributed by atoms with Gasteiger partial charge in [0.2, 0.25) is 0 Å². The van der Waals surface area contributed by atoms with Crippen molar-refractivity contribution in [2.75, 3.05) is 0 Å². The lowest BCUT2D eigenvalue weighted by Crippen LogP contribution is -2.23. The van der Waals surface area contributed by atoms with Gasteiger partial charge >= 0.3 is 0 Å². The molecule has 0 saturated heterocycles. The fourth-order valence-electron chi connectivity index (χ4n) is 2.09. The SMILES string of the molecule is Cc1cc2cc(CNC(=O)c3ncc[nH]3)ccc2[nH]1. The summed E-state index contributed by atoms with van der Waals surface area (Å²) >= 11 is 0. The summed E-state index contributed by atoms with van der Waals surface area (Å²) in [6.45, 7) is 2.51. The van der Waals surface area contributed by atoms with Gasteiger partial charge in [-0.1, -0.05) is 6.07 Å². The second kappa shape index (κ2) is 4.61. The maximum absolute atomic E-state index is 11.7. The topological polar surface area (TPSA) is 73.6 Å². The number of aromatic nitrogens is 3. The Labute approximate surface area is 110 Å². The maximum Gasteiger partial charge on any atom is 0.287 e. The van der Waals surface area contributed by atoms with Crippen molar-refractivity contribution in [2.45, 2.75) is 13.5 Å². The third-order valence-electron chi connectivity index (χ3n) is 2.99. The van der Waals surface area contributed by atoms with E-state index in [9.17, 15) is 4.79 Å². The number of hydrogen-bond acceptors (Lipinski definition) is 2. The second-order valence-electron chi connectivity index (χ2n) is 4.49. The Balaban J connectivity index is 1.73. The standard InChI is InChI=1S/C14H14N4O/c1-9-6-11-7-10(2-3-12(11)18-9)8-17-14(19)13-15-4-5-16-13/h2-7,18H,8H2,1H3,(H,15,16)(H,17,19). The molecule has 0 aliphatic carbocycles. The Hall–Kier alpha value is -2.56. The summed E-state index contributed by atoms with van der Waals surface area (Å²) in [5, 5.41) is 3.98. The van der Waals surface area contributed by atoms with E-state index in [0.29, 0.717) is 12.4 Å². The fourth-order valence-corrected chi connectivity index (χ4v) is 2.09. The Kier molecular flexibility index (Phi) is 2.79. The van der Waals surface area contributed by atoms with Crippen LogP contribution in [0.4, 0.5) is 0 Å². The number of amides is 1. The molecule has 2 heterocycles. The first kappa shape index (κ1) is 11.5. The minimum atomic E-state index is -0.199. The molecule has 0 aliphatic heterocycles. The van der Waals surface area contributed by atoms with Gasteiger partial charge in [-0.2, -0.15) is 0 Å². The highest BCUT2D eigenvalue weighted by atomic mass is 16.2. The molecule has 3 N–H and O–H groups in total. The molecule has 3 aromatic rings. The van der Waals surface area contributed by atoms with Crippen LogP contribution in [0, 0.1) is 6.92 Å². The lowest BCUT2D eigenvalue weighted by molar-refractivity contribution is 0.0941. The van der Waals surface area contributed by atoms with Crippen LogP contribution in [0.25, 0.3) is 10.9 Å². The number of H-pyrrole nitrogens is 2. The van der Waals surface area contributed by atoms with Gasteiger partial charge in [0.1, 0.15) is 0 Å². The molecule has 5 heteroatoms. The second-order valence-corrected chi connectivity index (χ2v) is 4.49. The lowest BCUT2D eigenvalue weighted by Gasteiger charge is -2.03. The minimum Gasteiger partial charge on any atom is -0.359 e. The monoisotopic (exact) mass is 254 g/mol. The van der Waals surface area contributed by atoms with Crippen LogP contribution in [-0.4, -0.2) is 20.9 Å². The summed E-state index contributed by atoms with van der Waals surface area (Å²) < 4.78 is 0. The van der Waals surface area contributed by atoms with Gasteiger partial charge in [-0.05, 0) is 36.1 Å². The fraction of sp³-hybridized carbons (Fsp3) is 0.143. The van der Waals surface area contributed by atoms with Crippen molar-refractivity contribution < 1.29 is 4.79 Å². The summed E-state index contributed by atoms with van der Waals surface area (Å²) in [7, 11) is 0. The third kappa shape index (κ3) is 2.35. The summed E-state index contributed by atoms with van der Waals surface area (Å²) in [4.78, 5) is 21.7. The van der Waals surface area contributed by atoms with Gasteiger partial charge in [0.05, 0.1) is 0 Å². The molecule has 0 radical (unpaired) electrons. The average molecular weight is 254 g/mol. The molecular weight excluding hydrogens is 240 g/mol. The number of imidazole rings is 1. The van der Waals surface area contributed by atoms with E-state index in [0.717, 1.165) is 22.2 Å². The first-order chi connectivity index (χ1) is 9.22. The van der Waals surface area contributed by atoms with Crippen LogP contribution in [0.5, 0.6) is 0 Å². The molecule has 3 rings (SSSR count). The molecular formula is C14H14N4O. The molecule has 0 aliphatic rings. The van der Waals surface area contributed by atoms with E-state index in [-0.39, 0.29) is 5.91 Å². The molecule has 0 fully saturated rings. The highest BCUT2D eigenvalue weighted by molar-refractivity contribution is 5.90. The average Bonchev–Trinajstić information content (AvgIpc) is 3.03. The zero-order valence-electron chi connectivity index (χ0n) is 10.5. The quantitative estimate of drug-likeness (QED) is 0.670. The molecule has 1 amide bonds. The number of nitrogens with one attached hydrogen (secondary N) is 3. The summed E-state index contributed by atoms with van der Waals surface area (Å²) in [6.07, 6.45) is 3.19. The van der Waals surface area contributed by atoms with Crippen molar-refractivity contribution in [3.05, 3.63) is 53.7 Å². The van der Waals surface area contributed by atoms with Crippen LogP contribution in [-0.2, 0) is 6.54 Å². The molecule has 0 spiro atoms. The molecule has 0 saturated carbocycles. The van der Waals surface area contributed by atoms with Crippen molar-refractivity contribution >= 4 is 16.8 Å². The number of benzene rings is 1. The predicted octanol–water partition coefficient (Wildman–Crippen LogP) is 2.13. The van der Waals surface area contributed by atoms with Crippen LogP contribution < -0.4 is 5.32 Å². The zero-order chi connectivity index (χ0) is 13.2. The normalized spacial score (nSPS) is 10.8. The number of aryl methyl sites for hydroxylation is 1. The number of nitrogens with zero attached hydrogens (tertiary/aromatic N) is 1. The van der Waals surface area contributed by atoms with E-state index in [4.69, 9.17) is 0 Å². The van der Waals surface area contributed by atoms with E-state index in [2.05, 4.69) is 32.4 Å². The van der Waals surface area contributed by atoms with Crippen molar-refractivity contribution in [3.63, 3.8) is 0 Å². The molecule has 96 valence electrons. The number of aromatic amines is 2. The summed E-state index contributed by atoms with van der Waals surface area (Å²) in [6, 6.07) is 8.19. The zero-order valence-corrected chi connectivity index (χ0v) is 10.5. The number of carbonyl (C=O) groups is 1. The van der Waals surface area contributed by atoms with Gasteiger partial charge in [-0.15, -0.1) is 0 Å². The summed E-state index contributed by atoms with van der Waals surface area (Å²) in [5.41, 5.74) is 3.30. The number of fused-ring (bicyclic) bond motifs is 1. The van der Waals surface area contributed by atoms with E-state index in [1.165, 1.54) is 0 Å². The highest BCUT2D eigenvalue weighted by Gasteiger charge is 2.07. The van der Waals surface area contributed by atoms with Crippen molar-refractivity contribution in [1.29, 1.82) is 0 Å². The Morgan fingerprint density at radius 2 is 2.26 bits per heavy atom. The molecule has 19 heavy (non-hydrogen) atoms. The minimum absolute atomic E-state index is 0.199. The van der Waals surface area contributed by atoms with Crippen LogP contribution in [0.15, 0.2) is 36.7 Å². The molecule has 0 unspecified atom stereocenters. The number of carbonyl (C=O) groups excluding carboxylic acids is 1. The van der Waals surface area contributed by atoms with E-state index < -0.39 is 0 Å². The van der Waals surface area contributed by atoms with Gasteiger partial charge in [0, 0.05) is 30.1 Å². The first-order valence-corrected chi connectivity index (χ1v) is 6.08. The van der Waals surface area contributed by atoms with Gasteiger partial charge in [-0.25, -0.2) is 4.98 Å². The Bertz CT molecular complexity index is 712. The van der Waals surface area contributed by atoms with Gasteiger partial charge < -0.3 is 15.3 Å². The lowest BCUT2D eigenvalue weighted by atomic mass is 10.1. The number of rotatable bonds is 3. The largest absolute Gasteiger partial charge is 0.359 e. The first-order valence-electron chi connectivity index (χ1n) is 6.08. The Morgan fingerprint density at radius 1 is 1.37 bits per heavy atom. The van der Waals surface area contributed by atoms with Gasteiger partial charge in [0.15, 0.2) is 5.82 Å². The van der Waals surface area contributed by atoms with Crippen LogP contribution in [0.2, 0.25) is 0 Å². The maximum atomic E-state index is 11.7. The van der Waals surface area contributed by atoms with E-state index in [1.54, 1.807) is 12.4 Å². The third-order valence-corrected chi connectivity index (χ3v) is 2.99. The van der Waals surface area contributed by atoms with Crippen molar-refractivity contribution in [2.24, 2.45) is 0 Å². The molecule has 2 aromatic heterocycles. The van der Waals surface area contributed by atoms with Crippen molar-refractivity contribution in [3.8, 4) is 0 Å². The van der Waals surface area contributed by atoms with Crippen LogP contribution in [0.3, 0.4) is 0 Å². The predicted molar refractivity (Wildman–Crippen MR) is 72.8 cm³/mol. The highest BCUT2D eigenvalue weighted by Crippen LogP contribution is 2.16. The molecule has 5 nitrogen and oxygen atoms in total. The van der Waals surface area contributed by atoms with Crippen LogP contribution in [0.1, 0.15) is 21.9 Å².